The van der Waals surface area contributed by atoms with Gasteiger partial charge in [-0.2, -0.15) is 0 Å². The molecule has 7 heteroatoms. The van der Waals surface area contributed by atoms with Crippen LogP contribution >= 0.6 is 11.9 Å². The van der Waals surface area contributed by atoms with Gasteiger partial charge < -0.3 is 14.7 Å². The molecular weight excluding hydrogens is 437 g/mol. The molecule has 33 heavy (non-hydrogen) atoms. The van der Waals surface area contributed by atoms with Crippen LogP contribution in [-0.4, -0.2) is 39.6 Å². The van der Waals surface area contributed by atoms with E-state index in [0.29, 0.717) is 42.4 Å². The number of carbonyl (C=O) groups is 1. The summed E-state index contributed by atoms with van der Waals surface area (Å²) in [5, 5.41) is 11.4. The van der Waals surface area contributed by atoms with Crippen molar-refractivity contribution >= 4 is 34.4 Å². The second-order valence-electron chi connectivity index (χ2n) is 9.98. The Morgan fingerprint density at radius 1 is 1.15 bits per heavy atom. The lowest BCUT2D eigenvalue weighted by Crippen LogP contribution is -2.48. The van der Waals surface area contributed by atoms with Crippen molar-refractivity contribution in [3.63, 3.8) is 0 Å². The zero-order valence-electron chi connectivity index (χ0n) is 19.3. The van der Waals surface area contributed by atoms with E-state index in [1.54, 1.807) is 24.4 Å². The maximum Gasteiger partial charge on any atom is 0.253 e. The molecule has 1 aromatic heterocycles. The summed E-state index contributed by atoms with van der Waals surface area (Å²) in [7, 11) is 0. The summed E-state index contributed by atoms with van der Waals surface area (Å²) in [6.07, 6.45) is 3.59. The fourth-order valence-electron chi connectivity index (χ4n) is 4.46. The molecule has 1 amide bonds. The number of aliphatic hydroxyl groups is 1. The third-order valence-corrected chi connectivity index (χ3v) is 6.82. The predicted octanol–water partition coefficient (Wildman–Crippen LogP) is 5.90. The van der Waals surface area contributed by atoms with Crippen molar-refractivity contribution in [2.24, 2.45) is 5.41 Å². The quantitative estimate of drug-likeness (QED) is 0.458. The molecule has 3 aromatic rings. The Labute approximate surface area is 198 Å². The number of piperidine rings is 1. The van der Waals surface area contributed by atoms with Gasteiger partial charge in [-0.15, -0.1) is 0 Å². The van der Waals surface area contributed by atoms with Crippen molar-refractivity contribution in [3.8, 4) is 0 Å². The number of nitrogens with one attached hydrogen (secondary N) is 1. The van der Waals surface area contributed by atoms with Crippen molar-refractivity contribution in [1.82, 2.24) is 9.88 Å². The average molecular weight is 468 g/mol. The van der Waals surface area contributed by atoms with Crippen molar-refractivity contribution in [3.05, 3.63) is 66.1 Å². The standard InChI is InChI=1S/C26H30FN3O2S/c1-25(2,3)17-26(32)12-15-30(16-13-26)24(31)18-6-8-19(9-7-18)29-33-22-11-10-21(27)20-5-4-14-28-23(20)22/h4-11,14,29,32H,12-13,15-17H2,1-3H3. The average Bonchev–Trinajstić information content (AvgIpc) is 2.78. The van der Waals surface area contributed by atoms with E-state index in [-0.39, 0.29) is 17.1 Å². The van der Waals surface area contributed by atoms with Gasteiger partial charge in [-0.1, -0.05) is 20.8 Å². The van der Waals surface area contributed by atoms with Crippen LogP contribution < -0.4 is 4.72 Å². The number of fused-ring (bicyclic) bond motifs is 1. The van der Waals surface area contributed by atoms with Gasteiger partial charge in [-0.05, 0) is 85.2 Å². The molecule has 0 atom stereocenters. The topological polar surface area (TPSA) is 65.5 Å². The molecule has 0 saturated carbocycles. The summed E-state index contributed by atoms with van der Waals surface area (Å²) >= 11 is 1.36. The first-order valence-electron chi connectivity index (χ1n) is 11.2. The van der Waals surface area contributed by atoms with Gasteiger partial charge in [0, 0.05) is 35.9 Å². The number of anilines is 1. The Bertz CT molecular complexity index is 1140. The number of likely N-dealkylation sites (tertiary alicyclic amines) is 1. The van der Waals surface area contributed by atoms with Crippen LogP contribution in [0.4, 0.5) is 10.1 Å². The molecule has 1 saturated heterocycles. The smallest absolute Gasteiger partial charge is 0.253 e. The van der Waals surface area contributed by atoms with Crippen LogP contribution in [0.25, 0.3) is 10.9 Å². The molecule has 2 aromatic carbocycles. The highest BCUT2D eigenvalue weighted by Crippen LogP contribution is 2.35. The van der Waals surface area contributed by atoms with Gasteiger partial charge in [0.05, 0.1) is 16.0 Å². The number of hydrogen-bond acceptors (Lipinski definition) is 5. The van der Waals surface area contributed by atoms with Crippen molar-refractivity contribution < 1.29 is 14.3 Å². The second-order valence-corrected chi connectivity index (χ2v) is 10.8. The van der Waals surface area contributed by atoms with E-state index in [1.807, 2.05) is 29.2 Å². The Balaban J connectivity index is 1.36. The maximum absolute atomic E-state index is 14.0. The van der Waals surface area contributed by atoms with E-state index >= 15 is 0 Å². The molecule has 1 aliphatic rings. The third kappa shape index (κ3) is 5.65. The lowest BCUT2D eigenvalue weighted by molar-refractivity contribution is -0.0436. The molecule has 1 fully saturated rings. The summed E-state index contributed by atoms with van der Waals surface area (Å²) in [5.74, 6) is -0.305. The largest absolute Gasteiger partial charge is 0.390 e. The van der Waals surface area contributed by atoms with Crippen molar-refractivity contribution in [1.29, 1.82) is 0 Å². The van der Waals surface area contributed by atoms with Crippen LogP contribution in [0.2, 0.25) is 0 Å². The molecule has 2 heterocycles. The van der Waals surface area contributed by atoms with Crippen LogP contribution in [-0.2, 0) is 0 Å². The maximum atomic E-state index is 14.0. The Hall–Kier alpha value is -2.64. The Morgan fingerprint density at radius 2 is 1.85 bits per heavy atom. The monoisotopic (exact) mass is 467 g/mol. The first kappa shape index (κ1) is 23.5. The normalized spacial score (nSPS) is 16.1. The minimum absolute atomic E-state index is 0.0132. The third-order valence-electron chi connectivity index (χ3n) is 5.93. The van der Waals surface area contributed by atoms with Crippen molar-refractivity contribution in [2.45, 2.75) is 50.5 Å². The van der Waals surface area contributed by atoms with Gasteiger partial charge in [0.2, 0.25) is 0 Å². The van der Waals surface area contributed by atoms with Gasteiger partial charge in [0.25, 0.3) is 5.91 Å². The molecule has 0 bridgehead atoms. The van der Waals surface area contributed by atoms with E-state index in [9.17, 15) is 14.3 Å². The van der Waals surface area contributed by atoms with Crippen LogP contribution in [0, 0.1) is 11.2 Å². The van der Waals surface area contributed by atoms with E-state index in [0.717, 1.165) is 17.0 Å². The number of hydrogen-bond donors (Lipinski definition) is 2. The van der Waals surface area contributed by atoms with Crippen LogP contribution in [0.15, 0.2) is 59.6 Å². The van der Waals surface area contributed by atoms with Gasteiger partial charge in [0.15, 0.2) is 0 Å². The van der Waals surface area contributed by atoms with Gasteiger partial charge >= 0.3 is 0 Å². The lowest BCUT2D eigenvalue weighted by atomic mass is 9.77. The van der Waals surface area contributed by atoms with Crippen LogP contribution in [0.1, 0.15) is 50.4 Å². The number of aromatic nitrogens is 1. The molecule has 0 spiro atoms. The van der Waals surface area contributed by atoms with E-state index < -0.39 is 5.60 Å². The number of amides is 1. The molecule has 0 aliphatic carbocycles. The number of benzene rings is 2. The first-order valence-corrected chi connectivity index (χ1v) is 12.0. The minimum Gasteiger partial charge on any atom is -0.390 e. The molecule has 5 nitrogen and oxygen atoms in total. The zero-order chi connectivity index (χ0) is 23.6. The predicted molar refractivity (Wildman–Crippen MR) is 132 cm³/mol. The number of pyridine rings is 1. The summed E-state index contributed by atoms with van der Waals surface area (Å²) < 4.78 is 17.2. The molecule has 2 N–H and O–H groups in total. The Kier molecular flexibility index (Phi) is 6.64. The van der Waals surface area contributed by atoms with Crippen LogP contribution in [0.5, 0.6) is 0 Å². The molecule has 0 radical (unpaired) electrons. The summed E-state index contributed by atoms with van der Waals surface area (Å²) in [5.41, 5.74) is 1.43. The number of carbonyl (C=O) groups excluding carboxylic acids is 1. The molecule has 1 aliphatic heterocycles. The van der Waals surface area contributed by atoms with Gasteiger partial charge in [0.1, 0.15) is 5.82 Å². The van der Waals surface area contributed by atoms with Gasteiger partial charge in [-0.25, -0.2) is 4.39 Å². The lowest BCUT2D eigenvalue weighted by Gasteiger charge is -2.41. The van der Waals surface area contributed by atoms with E-state index in [4.69, 9.17) is 0 Å². The number of nitrogens with zero attached hydrogens (tertiary/aromatic N) is 2. The summed E-state index contributed by atoms with van der Waals surface area (Å²) in [6, 6.07) is 13.9. The highest BCUT2D eigenvalue weighted by Gasteiger charge is 2.37. The van der Waals surface area contributed by atoms with Gasteiger partial charge in [-0.3, -0.25) is 9.78 Å². The Morgan fingerprint density at radius 3 is 2.52 bits per heavy atom. The molecule has 4 rings (SSSR count). The molecule has 0 unspecified atom stereocenters. The molecule has 174 valence electrons. The van der Waals surface area contributed by atoms with Crippen LogP contribution in [0.3, 0.4) is 0 Å². The first-order chi connectivity index (χ1) is 15.6. The SMILES string of the molecule is CC(C)(C)CC1(O)CCN(C(=O)c2ccc(NSc3ccc(F)c4cccnc34)cc2)CC1. The molecular formula is C26H30FN3O2S. The fraction of sp³-hybridized carbons (Fsp3) is 0.385. The summed E-state index contributed by atoms with van der Waals surface area (Å²) in [4.78, 5) is 19.9. The minimum atomic E-state index is -0.695. The number of halogens is 1. The zero-order valence-corrected chi connectivity index (χ0v) is 20.1. The van der Waals surface area contributed by atoms with E-state index in [2.05, 4.69) is 30.5 Å². The van der Waals surface area contributed by atoms with E-state index in [1.165, 1.54) is 18.0 Å². The van der Waals surface area contributed by atoms with Crippen molar-refractivity contribution in [2.75, 3.05) is 17.8 Å². The second kappa shape index (κ2) is 9.31. The summed E-state index contributed by atoms with van der Waals surface area (Å²) in [6.45, 7) is 7.51. The highest BCUT2D eigenvalue weighted by molar-refractivity contribution is 8.00. The number of rotatable bonds is 5. The fourth-order valence-corrected chi connectivity index (χ4v) is 5.22. The highest BCUT2D eigenvalue weighted by atomic mass is 32.2.